The van der Waals surface area contributed by atoms with Crippen LogP contribution in [-0.4, -0.2) is 24.4 Å². The monoisotopic (exact) mass is 211 g/mol. The second-order valence-corrected chi connectivity index (χ2v) is 4.81. The van der Waals surface area contributed by atoms with Gasteiger partial charge in [0.1, 0.15) is 5.60 Å². The molecule has 3 heteroatoms. The summed E-state index contributed by atoms with van der Waals surface area (Å²) in [4.78, 5) is 0. The standard InChI is InChI=1S/C12H21NO2/c1-11(14,10-15-2)12(9-13)7-5-3-4-6-8-12/h14H,3-8,10H2,1-2H3. The van der Waals surface area contributed by atoms with Crippen LogP contribution in [0.3, 0.4) is 0 Å². The molecule has 0 aromatic rings. The summed E-state index contributed by atoms with van der Waals surface area (Å²) >= 11 is 0. The molecule has 0 aromatic heterocycles. The van der Waals surface area contributed by atoms with Gasteiger partial charge in [-0.1, -0.05) is 25.7 Å². The highest BCUT2D eigenvalue weighted by Gasteiger charge is 2.47. The lowest BCUT2D eigenvalue weighted by atomic mass is 9.69. The Labute approximate surface area is 92.0 Å². The number of methoxy groups -OCH3 is 1. The van der Waals surface area contributed by atoms with Crippen LogP contribution in [0, 0.1) is 16.7 Å². The molecule has 0 aliphatic heterocycles. The first-order chi connectivity index (χ1) is 7.08. The Bertz CT molecular complexity index is 234. The summed E-state index contributed by atoms with van der Waals surface area (Å²) in [6.07, 6.45) is 6.00. The van der Waals surface area contributed by atoms with Gasteiger partial charge in [0, 0.05) is 7.11 Å². The van der Waals surface area contributed by atoms with E-state index < -0.39 is 11.0 Å². The number of rotatable bonds is 3. The highest BCUT2D eigenvalue weighted by molar-refractivity contribution is 5.10. The van der Waals surface area contributed by atoms with Crippen LogP contribution in [0.4, 0.5) is 0 Å². The molecule has 1 fully saturated rings. The van der Waals surface area contributed by atoms with E-state index in [-0.39, 0.29) is 6.61 Å². The fraction of sp³-hybridized carbons (Fsp3) is 0.917. The van der Waals surface area contributed by atoms with Gasteiger partial charge in [0.15, 0.2) is 0 Å². The van der Waals surface area contributed by atoms with Crippen molar-refractivity contribution < 1.29 is 9.84 Å². The second-order valence-electron chi connectivity index (χ2n) is 4.81. The van der Waals surface area contributed by atoms with Gasteiger partial charge in [0.2, 0.25) is 0 Å². The van der Waals surface area contributed by atoms with Crippen molar-refractivity contribution in [3.8, 4) is 6.07 Å². The fourth-order valence-electron chi connectivity index (χ4n) is 2.52. The lowest BCUT2D eigenvalue weighted by Crippen LogP contribution is -2.48. The first-order valence-corrected chi connectivity index (χ1v) is 5.70. The van der Waals surface area contributed by atoms with Crippen molar-refractivity contribution >= 4 is 0 Å². The number of aliphatic hydroxyl groups is 1. The third-order valence-corrected chi connectivity index (χ3v) is 3.63. The van der Waals surface area contributed by atoms with Crippen LogP contribution in [0.1, 0.15) is 45.4 Å². The zero-order valence-corrected chi connectivity index (χ0v) is 9.75. The predicted octanol–water partition coefficient (Wildman–Crippen LogP) is 2.25. The maximum Gasteiger partial charge on any atom is 0.104 e. The molecule has 1 aliphatic carbocycles. The summed E-state index contributed by atoms with van der Waals surface area (Å²) in [7, 11) is 1.57. The Morgan fingerprint density at radius 1 is 1.33 bits per heavy atom. The van der Waals surface area contributed by atoms with Crippen LogP contribution >= 0.6 is 0 Å². The quantitative estimate of drug-likeness (QED) is 0.728. The predicted molar refractivity (Wildman–Crippen MR) is 58.2 cm³/mol. The lowest BCUT2D eigenvalue weighted by molar-refractivity contribution is -0.0942. The van der Waals surface area contributed by atoms with Gasteiger partial charge in [-0.3, -0.25) is 0 Å². The van der Waals surface area contributed by atoms with Gasteiger partial charge in [-0.15, -0.1) is 0 Å². The normalized spacial score (nSPS) is 24.9. The molecule has 1 unspecified atom stereocenters. The number of nitrogens with zero attached hydrogens (tertiary/aromatic N) is 1. The molecule has 1 saturated carbocycles. The molecule has 0 amide bonds. The highest BCUT2D eigenvalue weighted by atomic mass is 16.5. The maximum absolute atomic E-state index is 10.4. The average Bonchev–Trinajstić information content (AvgIpc) is 2.43. The molecule has 1 N–H and O–H groups in total. The molecule has 0 spiro atoms. The lowest BCUT2D eigenvalue weighted by Gasteiger charge is -2.39. The third-order valence-electron chi connectivity index (χ3n) is 3.63. The SMILES string of the molecule is COCC(C)(O)C1(C#N)CCCCCC1. The Kier molecular flexibility index (Phi) is 4.12. The van der Waals surface area contributed by atoms with Crippen molar-refractivity contribution in [1.29, 1.82) is 5.26 Å². The van der Waals surface area contributed by atoms with Crippen LogP contribution in [-0.2, 0) is 4.74 Å². The van der Waals surface area contributed by atoms with Gasteiger partial charge in [-0.25, -0.2) is 0 Å². The molecule has 3 nitrogen and oxygen atoms in total. The first kappa shape index (κ1) is 12.5. The molecule has 1 atom stereocenters. The summed E-state index contributed by atoms with van der Waals surface area (Å²) in [6.45, 7) is 1.96. The average molecular weight is 211 g/mol. The van der Waals surface area contributed by atoms with Crippen LogP contribution in [0.25, 0.3) is 0 Å². The van der Waals surface area contributed by atoms with Crippen LogP contribution in [0.2, 0.25) is 0 Å². The largest absolute Gasteiger partial charge is 0.386 e. The van der Waals surface area contributed by atoms with E-state index in [2.05, 4.69) is 6.07 Å². The van der Waals surface area contributed by atoms with E-state index in [1.165, 1.54) is 12.8 Å². The molecular weight excluding hydrogens is 190 g/mol. The Hall–Kier alpha value is -0.590. The van der Waals surface area contributed by atoms with Crippen molar-refractivity contribution in [2.75, 3.05) is 13.7 Å². The van der Waals surface area contributed by atoms with Crippen molar-refractivity contribution in [2.24, 2.45) is 5.41 Å². The number of hydrogen-bond acceptors (Lipinski definition) is 3. The second kappa shape index (κ2) is 4.96. The highest BCUT2D eigenvalue weighted by Crippen LogP contribution is 2.43. The van der Waals surface area contributed by atoms with E-state index in [0.29, 0.717) is 0 Å². The zero-order valence-electron chi connectivity index (χ0n) is 9.75. The third kappa shape index (κ3) is 2.50. The van der Waals surface area contributed by atoms with Gasteiger partial charge in [-0.05, 0) is 19.8 Å². The molecular formula is C12H21NO2. The summed E-state index contributed by atoms with van der Waals surface area (Å²) in [5, 5.41) is 19.7. The fourth-order valence-corrected chi connectivity index (χ4v) is 2.52. The Morgan fingerprint density at radius 3 is 2.27 bits per heavy atom. The molecule has 15 heavy (non-hydrogen) atoms. The van der Waals surface area contributed by atoms with Crippen molar-refractivity contribution in [3.63, 3.8) is 0 Å². The summed E-state index contributed by atoms with van der Waals surface area (Å²) < 4.78 is 5.03. The van der Waals surface area contributed by atoms with E-state index in [9.17, 15) is 10.4 Å². The van der Waals surface area contributed by atoms with E-state index in [0.717, 1.165) is 25.7 Å². The van der Waals surface area contributed by atoms with Gasteiger partial charge >= 0.3 is 0 Å². The Balaban J connectivity index is 2.86. The zero-order chi connectivity index (χ0) is 11.4. The molecule has 1 aliphatic rings. The first-order valence-electron chi connectivity index (χ1n) is 5.70. The summed E-state index contributed by atoms with van der Waals surface area (Å²) in [6, 6.07) is 2.35. The van der Waals surface area contributed by atoms with Crippen molar-refractivity contribution in [2.45, 2.75) is 51.0 Å². The van der Waals surface area contributed by atoms with E-state index in [4.69, 9.17) is 4.74 Å². The molecule has 1 rings (SSSR count). The maximum atomic E-state index is 10.4. The topological polar surface area (TPSA) is 53.2 Å². The molecule has 86 valence electrons. The molecule has 0 radical (unpaired) electrons. The van der Waals surface area contributed by atoms with Crippen molar-refractivity contribution in [1.82, 2.24) is 0 Å². The van der Waals surface area contributed by atoms with Gasteiger partial charge in [0.25, 0.3) is 0 Å². The summed E-state index contributed by atoms with van der Waals surface area (Å²) in [5.74, 6) is 0. The van der Waals surface area contributed by atoms with Crippen LogP contribution in [0.5, 0.6) is 0 Å². The van der Waals surface area contributed by atoms with Crippen LogP contribution < -0.4 is 0 Å². The van der Waals surface area contributed by atoms with E-state index in [1.54, 1.807) is 14.0 Å². The smallest absolute Gasteiger partial charge is 0.104 e. The van der Waals surface area contributed by atoms with Gasteiger partial charge < -0.3 is 9.84 Å². The van der Waals surface area contributed by atoms with Crippen LogP contribution in [0.15, 0.2) is 0 Å². The van der Waals surface area contributed by atoms with Gasteiger partial charge in [-0.2, -0.15) is 5.26 Å². The van der Waals surface area contributed by atoms with E-state index >= 15 is 0 Å². The molecule has 0 saturated heterocycles. The number of nitriles is 1. The summed E-state index contributed by atoms with van der Waals surface area (Å²) in [5.41, 5.74) is -1.64. The Morgan fingerprint density at radius 2 is 1.87 bits per heavy atom. The molecule has 0 heterocycles. The minimum Gasteiger partial charge on any atom is -0.386 e. The minimum atomic E-state index is -1.03. The minimum absolute atomic E-state index is 0.237. The molecule has 0 bridgehead atoms. The van der Waals surface area contributed by atoms with Gasteiger partial charge in [0.05, 0.1) is 18.1 Å². The van der Waals surface area contributed by atoms with Crippen molar-refractivity contribution in [3.05, 3.63) is 0 Å². The number of hydrogen-bond donors (Lipinski definition) is 1. The number of ether oxygens (including phenoxy) is 1. The van der Waals surface area contributed by atoms with E-state index in [1.807, 2.05) is 0 Å². The molecule has 0 aromatic carbocycles.